The molecule has 0 amide bonds. The van der Waals surface area contributed by atoms with E-state index in [0.29, 0.717) is 11.7 Å². The maximum Gasteiger partial charge on any atom is 0.129 e. The minimum Gasteiger partial charge on any atom is -0.303 e. The van der Waals surface area contributed by atoms with Crippen LogP contribution in [0.3, 0.4) is 0 Å². The molecule has 1 aromatic heterocycles. The summed E-state index contributed by atoms with van der Waals surface area (Å²) in [5, 5.41) is 4.53. The normalized spacial score (nSPS) is 16.6. The number of hydrogen-bond acceptors (Lipinski definition) is 3. The third kappa shape index (κ3) is 7.72. The molecule has 4 heteroatoms. The van der Waals surface area contributed by atoms with Crippen LogP contribution in [0, 0.1) is 5.92 Å². The fourth-order valence-electron chi connectivity index (χ4n) is 3.67. The van der Waals surface area contributed by atoms with Crippen molar-refractivity contribution >= 4 is 5.78 Å². The van der Waals surface area contributed by atoms with Gasteiger partial charge in [-0.1, -0.05) is 33.1 Å². The Balaban J connectivity index is 1.53. The van der Waals surface area contributed by atoms with Crippen LogP contribution in [0.1, 0.15) is 83.6 Å². The molecule has 142 valence electrons. The van der Waals surface area contributed by atoms with Gasteiger partial charge in [0.2, 0.25) is 0 Å². The number of carbonyl (C=O) groups excluding carboxylic acids is 1. The molecule has 25 heavy (non-hydrogen) atoms. The van der Waals surface area contributed by atoms with Gasteiger partial charge in [-0.05, 0) is 69.6 Å². The second kappa shape index (κ2) is 10.7. The molecule has 0 atom stereocenters. The molecule has 1 aliphatic heterocycles. The first-order valence-electron chi connectivity index (χ1n) is 10.3. The lowest BCUT2D eigenvalue weighted by molar-refractivity contribution is -0.117. The van der Waals surface area contributed by atoms with Crippen molar-refractivity contribution in [3.63, 3.8) is 0 Å². The van der Waals surface area contributed by atoms with Crippen LogP contribution in [0.4, 0.5) is 0 Å². The van der Waals surface area contributed by atoms with Gasteiger partial charge in [0.05, 0.1) is 6.20 Å². The highest BCUT2D eigenvalue weighted by Gasteiger charge is 2.19. The Bertz CT molecular complexity index is 501. The van der Waals surface area contributed by atoms with E-state index in [4.69, 9.17) is 0 Å². The SMILES string of the molecule is CC(=O)CCCCCCCN1CCC(Cn2cc(C(C)C)cn2)CC1. The van der Waals surface area contributed by atoms with Gasteiger partial charge in [-0.2, -0.15) is 5.10 Å². The predicted octanol–water partition coefficient (Wildman–Crippen LogP) is 4.65. The van der Waals surface area contributed by atoms with Gasteiger partial charge >= 0.3 is 0 Å². The lowest BCUT2D eigenvalue weighted by atomic mass is 9.96. The molecule has 0 unspecified atom stereocenters. The molecule has 0 N–H and O–H groups in total. The van der Waals surface area contributed by atoms with Gasteiger partial charge < -0.3 is 9.69 Å². The lowest BCUT2D eigenvalue weighted by Gasteiger charge is -2.31. The topological polar surface area (TPSA) is 38.1 Å². The molecule has 4 nitrogen and oxygen atoms in total. The van der Waals surface area contributed by atoms with Crippen LogP contribution in [0.15, 0.2) is 12.4 Å². The van der Waals surface area contributed by atoms with Crippen LogP contribution < -0.4 is 0 Å². The lowest BCUT2D eigenvalue weighted by Crippen LogP contribution is -2.35. The number of likely N-dealkylation sites (tertiary alicyclic amines) is 1. The number of carbonyl (C=O) groups is 1. The molecule has 0 spiro atoms. The van der Waals surface area contributed by atoms with Crippen LogP contribution in [-0.4, -0.2) is 40.1 Å². The van der Waals surface area contributed by atoms with Crippen molar-refractivity contribution in [2.75, 3.05) is 19.6 Å². The number of ketones is 1. The molecule has 1 fully saturated rings. The summed E-state index contributed by atoms with van der Waals surface area (Å²) in [5.41, 5.74) is 1.35. The van der Waals surface area contributed by atoms with Gasteiger partial charge in [-0.25, -0.2) is 0 Å². The second-order valence-corrected chi connectivity index (χ2v) is 8.16. The maximum atomic E-state index is 10.9. The van der Waals surface area contributed by atoms with Crippen molar-refractivity contribution in [2.45, 2.75) is 84.6 Å². The van der Waals surface area contributed by atoms with Gasteiger partial charge in [0.15, 0.2) is 0 Å². The largest absolute Gasteiger partial charge is 0.303 e. The zero-order chi connectivity index (χ0) is 18.1. The van der Waals surface area contributed by atoms with E-state index in [1.54, 1.807) is 6.92 Å². The zero-order valence-corrected chi connectivity index (χ0v) is 16.5. The van der Waals surface area contributed by atoms with E-state index in [2.05, 4.69) is 34.7 Å². The summed E-state index contributed by atoms with van der Waals surface area (Å²) in [5.74, 6) is 1.68. The molecule has 0 aromatic carbocycles. The molecule has 0 saturated carbocycles. The number of unbranched alkanes of at least 4 members (excludes halogenated alkanes) is 4. The van der Waals surface area contributed by atoms with Gasteiger partial charge in [0.25, 0.3) is 0 Å². The third-order valence-corrected chi connectivity index (χ3v) is 5.48. The van der Waals surface area contributed by atoms with Crippen molar-refractivity contribution in [3.05, 3.63) is 18.0 Å². The Morgan fingerprint density at radius 3 is 2.48 bits per heavy atom. The van der Waals surface area contributed by atoms with E-state index in [1.165, 1.54) is 63.7 Å². The Hall–Kier alpha value is -1.16. The molecular weight excluding hydrogens is 310 g/mol. The van der Waals surface area contributed by atoms with Crippen molar-refractivity contribution in [1.82, 2.24) is 14.7 Å². The first-order chi connectivity index (χ1) is 12.0. The van der Waals surface area contributed by atoms with Gasteiger partial charge in [0.1, 0.15) is 5.78 Å². The van der Waals surface area contributed by atoms with E-state index < -0.39 is 0 Å². The van der Waals surface area contributed by atoms with Gasteiger partial charge in [0, 0.05) is 19.2 Å². The molecule has 0 aliphatic carbocycles. The number of piperidine rings is 1. The van der Waals surface area contributed by atoms with E-state index in [9.17, 15) is 4.79 Å². The molecule has 1 saturated heterocycles. The van der Waals surface area contributed by atoms with E-state index in [0.717, 1.165) is 25.3 Å². The Kier molecular flexibility index (Phi) is 8.66. The molecule has 2 heterocycles. The highest BCUT2D eigenvalue weighted by molar-refractivity contribution is 5.75. The summed E-state index contributed by atoms with van der Waals surface area (Å²) in [6, 6.07) is 0. The summed E-state index contributed by atoms with van der Waals surface area (Å²) in [6.07, 6.45) is 13.8. The molecule has 0 radical (unpaired) electrons. The first-order valence-corrected chi connectivity index (χ1v) is 10.3. The first kappa shape index (κ1) is 20.2. The average Bonchev–Trinajstić information content (AvgIpc) is 3.04. The van der Waals surface area contributed by atoms with Gasteiger partial charge in [-0.15, -0.1) is 0 Å². The van der Waals surface area contributed by atoms with Crippen molar-refractivity contribution in [1.29, 1.82) is 0 Å². The highest BCUT2D eigenvalue weighted by atomic mass is 16.1. The fourth-order valence-corrected chi connectivity index (χ4v) is 3.67. The molecule has 1 aromatic rings. The molecule has 1 aliphatic rings. The fraction of sp³-hybridized carbons (Fsp3) is 0.810. The van der Waals surface area contributed by atoms with Gasteiger partial charge in [-0.3, -0.25) is 4.68 Å². The van der Waals surface area contributed by atoms with Crippen molar-refractivity contribution in [2.24, 2.45) is 5.92 Å². The summed E-state index contributed by atoms with van der Waals surface area (Å²) in [4.78, 5) is 13.5. The second-order valence-electron chi connectivity index (χ2n) is 8.16. The summed E-state index contributed by atoms with van der Waals surface area (Å²) in [6.45, 7) is 11.0. The molecular formula is C21H37N3O. The Morgan fingerprint density at radius 2 is 1.84 bits per heavy atom. The van der Waals surface area contributed by atoms with Crippen molar-refractivity contribution < 1.29 is 4.79 Å². The number of hydrogen-bond donors (Lipinski definition) is 0. The number of rotatable bonds is 11. The smallest absolute Gasteiger partial charge is 0.129 e. The summed E-state index contributed by atoms with van der Waals surface area (Å²) < 4.78 is 2.15. The van der Waals surface area contributed by atoms with Crippen LogP contribution in [0.25, 0.3) is 0 Å². The molecule has 2 rings (SSSR count). The van der Waals surface area contributed by atoms with Crippen molar-refractivity contribution in [3.8, 4) is 0 Å². The standard InChI is InChI=1S/C21H37N3O/c1-18(2)21-15-22-24(17-21)16-20-10-13-23(14-11-20)12-8-6-4-5-7-9-19(3)25/h15,17-18,20H,4-14,16H2,1-3H3. The summed E-state index contributed by atoms with van der Waals surface area (Å²) >= 11 is 0. The molecule has 0 bridgehead atoms. The summed E-state index contributed by atoms with van der Waals surface area (Å²) in [7, 11) is 0. The minimum atomic E-state index is 0.332. The predicted molar refractivity (Wildman–Crippen MR) is 104 cm³/mol. The number of nitrogens with zero attached hydrogens (tertiary/aromatic N) is 3. The van der Waals surface area contributed by atoms with Crippen LogP contribution in [0.5, 0.6) is 0 Å². The minimum absolute atomic E-state index is 0.332. The van der Waals surface area contributed by atoms with Crippen LogP contribution >= 0.6 is 0 Å². The van der Waals surface area contributed by atoms with E-state index >= 15 is 0 Å². The van der Waals surface area contributed by atoms with E-state index in [-0.39, 0.29) is 0 Å². The Labute approximate surface area is 154 Å². The quantitative estimate of drug-likeness (QED) is 0.547. The Morgan fingerprint density at radius 1 is 1.16 bits per heavy atom. The number of Topliss-reactive ketones (excluding diaryl/α,β-unsaturated/α-hetero) is 1. The van der Waals surface area contributed by atoms with Crippen LogP contribution in [-0.2, 0) is 11.3 Å². The number of aromatic nitrogens is 2. The maximum absolute atomic E-state index is 10.9. The van der Waals surface area contributed by atoms with E-state index in [1.807, 2.05) is 6.20 Å². The highest BCUT2D eigenvalue weighted by Crippen LogP contribution is 2.21. The third-order valence-electron chi connectivity index (χ3n) is 5.48. The monoisotopic (exact) mass is 347 g/mol. The zero-order valence-electron chi connectivity index (χ0n) is 16.5. The average molecular weight is 348 g/mol. The van der Waals surface area contributed by atoms with Crippen LogP contribution in [0.2, 0.25) is 0 Å².